The van der Waals surface area contributed by atoms with Gasteiger partial charge < -0.3 is 9.30 Å². The highest BCUT2D eigenvalue weighted by Crippen LogP contribution is 2.43. The molecule has 0 N–H and O–H groups in total. The number of carbonyl (C=O) groups is 4. The van der Waals surface area contributed by atoms with Crippen LogP contribution in [0.1, 0.15) is 99.2 Å². The molecule has 0 saturated heterocycles. The van der Waals surface area contributed by atoms with Crippen LogP contribution in [-0.2, 0) is 27.3 Å². The van der Waals surface area contributed by atoms with Crippen LogP contribution in [0.25, 0.3) is 0 Å². The quantitative estimate of drug-likeness (QED) is 0.220. The van der Waals surface area contributed by atoms with Crippen LogP contribution in [0.15, 0.2) is 0 Å². The van der Waals surface area contributed by atoms with Gasteiger partial charge in [0.2, 0.25) is 11.6 Å². The van der Waals surface area contributed by atoms with Crippen LogP contribution < -0.4 is 0 Å². The van der Waals surface area contributed by atoms with E-state index in [0.29, 0.717) is 25.1 Å². The molecule has 0 aromatic carbocycles. The third-order valence-corrected chi connectivity index (χ3v) is 7.10. The van der Waals surface area contributed by atoms with Crippen molar-refractivity contribution in [3.63, 3.8) is 0 Å². The summed E-state index contributed by atoms with van der Waals surface area (Å²) >= 11 is 12.0. The van der Waals surface area contributed by atoms with Gasteiger partial charge in [-0.05, 0) is 82.2 Å². The number of ketones is 2. The van der Waals surface area contributed by atoms with Crippen LogP contribution in [0, 0.1) is 11.3 Å². The van der Waals surface area contributed by atoms with E-state index in [1.807, 2.05) is 27.7 Å². The van der Waals surface area contributed by atoms with Gasteiger partial charge in [-0.25, -0.2) is 0 Å². The third kappa shape index (κ3) is 5.45. The van der Waals surface area contributed by atoms with Gasteiger partial charge in [0.05, 0.1) is 10.6 Å². The highest BCUT2D eigenvalue weighted by atomic mass is 35.5. The highest BCUT2D eigenvalue weighted by molar-refractivity contribution is 6.69. The molecule has 6 nitrogen and oxygen atoms in total. The number of aromatic nitrogens is 1. The molecule has 1 fully saturated rings. The van der Waals surface area contributed by atoms with E-state index in [-0.39, 0.29) is 40.0 Å². The number of carbonyl (C=O) groups excluding carboxylic acids is 4. The van der Waals surface area contributed by atoms with Crippen molar-refractivity contribution in [2.75, 3.05) is 0 Å². The van der Waals surface area contributed by atoms with Crippen molar-refractivity contribution >= 4 is 46.0 Å². The van der Waals surface area contributed by atoms with E-state index in [2.05, 4.69) is 0 Å². The second kappa shape index (κ2) is 9.30. The standard InChI is InChI=1S/C24H31Cl2NO5/c1-23(2,3)32-17(29)12-14-7-9-24(4,10-8-14)13-16(28)21(30)20-19(25)18(22(26)31)15-6-5-11-27(15)20/h14H,5-13H2,1-4H3. The predicted octanol–water partition coefficient (Wildman–Crippen LogP) is 5.54. The summed E-state index contributed by atoms with van der Waals surface area (Å²) in [4.78, 5) is 49.9. The van der Waals surface area contributed by atoms with Gasteiger partial charge in [0, 0.05) is 25.1 Å². The first-order valence-corrected chi connectivity index (χ1v) is 12.0. The average molecular weight is 484 g/mol. The fourth-order valence-electron chi connectivity index (χ4n) is 4.94. The zero-order chi connectivity index (χ0) is 23.8. The maximum atomic E-state index is 13.0. The van der Waals surface area contributed by atoms with Crippen LogP contribution in [-0.4, -0.2) is 32.9 Å². The molecular formula is C24H31Cl2NO5. The van der Waals surface area contributed by atoms with E-state index in [1.165, 1.54) is 0 Å². The van der Waals surface area contributed by atoms with Gasteiger partial charge in [0.1, 0.15) is 11.3 Å². The Morgan fingerprint density at radius 3 is 2.34 bits per heavy atom. The summed E-state index contributed by atoms with van der Waals surface area (Å²) in [7, 11) is 0. The van der Waals surface area contributed by atoms with Gasteiger partial charge in [0.15, 0.2) is 0 Å². The summed E-state index contributed by atoms with van der Waals surface area (Å²) in [6.45, 7) is 8.11. The van der Waals surface area contributed by atoms with E-state index in [9.17, 15) is 19.2 Å². The molecule has 1 aliphatic carbocycles. The van der Waals surface area contributed by atoms with Gasteiger partial charge in [-0.15, -0.1) is 0 Å². The Labute approximate surface area is 199 Å². The average Bonchev–Trinajstić information content (AvgIpc) is 3.20. The molecule has 176 valence electrons. The van der Waals surface area contributed by atoms with Crippen molar-refractivity contribution in [2.45, 2.75) is 91.2 Å². The van der Waals surface area contributed by atoms with E-state index >= 15 is 0 Å². The Morgan fingerprint density at radius 1 is 1.16 bits per heavy atom. The molecular weight excluding hydrogens is 453 g/mol. The van der Waals surface area contributed by atoms with Crippen molar-refractivity contribution in [2.24, 2.45) is 11.3 Å². The van der Waals surface area contributed by atoms with Gasteiger partial charge in [-0.3, -0.25) is 19.2 Å². The predicted molar refractivity (Wildman–Crippen MR) is 122 cm³/mol. The molecule has 0 spiro atoms. The molecule has 1 aromatic heterocycles. The second-order valence-corrected chi connectivity index (χ2v) is 11.2. The van der Waals surface area contributed by atoms with E-state index in [1.54, 1.807) is 4.57 Å². The van der Waals surface area contributed by atoms with Crippen LogP contribution >= 0.6 is 23.2 Å². The third-order valence-electron chi connectivity index (χ3n) is 6.55. The van der Waals surface area contributed by atoms with Crippen LogP contribution in [0.3, 0.4) is 0 Å². The molecule has 0 radical (unpaired) electrons. The number of hydrogen-bond donors (Lipinski definition) is 0. The summed E-state index contributed by atoms with van der Waals surface area (Å²) in [6.07, 6.45) is 5.00. The topological polar surface area (TPSA) is 82.4 Å². The minimum atomic E-state index is -0.706. The molecule has 1 aromatic rings. The van der Waals surface area contributed by atoms with Crippen LogP contribution in [0.2, 0.25) is 5.02 Å². The fourth-order valence-corrected chi connectivity index (χ4v) is 5.58. The number of fused-ring (bicyclic) bond motifs is 1. The molecule has 1 aliphatic heterocycles. The first-order chi connectivity index (χ1) is 14.8. The summed E-state index contributed by atoms with van der Waals surface area (Å²) in [5, 5.41) is -0.716. The van der Waals surface area contributed by atoms with Crippen LogP contribution in [0.4, 0.5) is 0 Å². The SMILES string of the molecule is CC1(CC(=O)C(=O)c2c(Cl)c(C(=O)Cl)c3n2CCC3)CCC(CC(=O)OC(C)(C)C)CC1. The molecule has 1 saturated carbocycles. The highest BCUT2D eigenvalue weighted by Gasteiger charge is 2.38. The molecule has 0 unspecified atom stereocenters. The van der Waals surface area contributed by atoms with Gasteiger partial charge in [-0.2, -0.15) is 0 Å². The number of rotatable bonds is 7. The molecule has 2 aliphatic rings. The van der Waals surface area contributed by atoms with Crippen molar-refractivity contribution < 1.29 is 23.9 Å². The summed E-state index contributed by atoms with van der Waals surface area (Å²) in [6, 6.07) is 0. The number of esters is 1. The normalized spacial score (nSPS) is 23.0. The molecule has 0 bridgehead atoms. The molecule has 2 heterocycles. The van der Waals surface area contributed by atoms with Crippen molar-refractivity contribution in [1.29, 1.82) is 0 Å². The molecule has 8 heteroatoms. The lowest BCUT2D eigenvalue weighted by atomic mass is 9.68. The zero-order valence-electron chi connectivity index (χ0n) is 19.2. The first-order valence-electron chi connectivity index (χ1n) is 11.2. The Bertz CT molecular complexity index is 949. The Kier molecular flexibility index (Phi) is 7.26. The molecule has 32 heavy (non-hydrogen) atoms. The second-order valence-electron chi connectivity index (χ2n) is 10.5. The molecule has 0 atom stereocenters. The summed E-state index contributed by atoms with van der Waals surface area (Å²) in [5.41, 5.74) is 0.0717. The Balaban J connectivity index is 1.64. The minimum absolute atomic E-state index is 0.00993. The van der Waals surface area contributed by atoms with Crippen molar-refractivity contribution in [3.8, 4) is 0 Å². The Morgan fingerprint density at radius 2 is 1.78 bits per heavy atom. The molecule has 3 rings (SSSR count). The number of ether oxygens (including phenoxy) is 1. The van der Waals surface area contributed by atoms with Crippen molar-refractivity contribution in [1.82, 2.24) is 4.57 Å². The number of hydrogen-bond acceptors (Lipinski definition) is 5. The van der Waals surface area contributed by atoms with E-state index in [0.717, 1.165) is 32.1 Å². The summed E-state index contributed by atoms with van der Waals surface area (Å²) in [5.74, 6) is -1.12. The first kappa shape index (κ1) is 25.0. The van der Waals surface area contributed by atoms with E-state index < -0.39 is 22.4 Å². The van der Waals surface area contributed by atoms with Crippen LogP contribution in [0.5, 0.6) is 0 Å². The Hall–Kier alpha value is -1.66. The number of nitrogens with zero attached hydrogens (tertiary/aromatic N) is 1. The lowest BCUT2D eigenvalue weighted by Crippen LogP contribution is -2.32. The van der Waals surface area contributed by atoms with E-state index in [4.69, 9.17) is 27.9 Å². The lowest BCUT2D eigenvalue weighted by molar-refractivity contribution is -0.156. The van der Waals surface area contributed by atoms with Crippen molar-refractivity contribution in [3.05, 3.63) is 22.0 Å². The summed E-state index contributed by atoms with van der Waals surface area (Å²) < 4.78 is 7.10. The largest absolute Gasteiger partial charge is 0.460 e. The molecule has 0 amide bonds. The number of Topliss-reactive ketones (excluding diaryl/α,β-unsaturated/α-hetero) is 2. The monoisotopic (exact) mass is 483 g/mol. The van der Waals surface area contributed by atoms with Gasteiger partial charge >= 0.3 is 5.97 Å². The fraction of sp³-hybridized carbons (Fsp3) is 0.667. The number of halogens is 2. The van der Waals surface area contributed by atoms with Gasteiger partial charge in [0.25, 0.3) is 5.24 Å². The maximum absolute atomic E-state index is 13.0. The maximum Gasteiger partial charge on any atom is 0.306 e. The van der Waals surface area contributed by atoms with Gasteiger partial charge in [-0.1, -0.05) is 18.5 Å². The zero-order valence-corrected chi connectivity index (χ0v) is 20.7. The smallest absolute Gasteiger partial charge is 0.306 e. The minimum Gasteiger partial charge on any atom is -0.460 e. The lowest BCUT2D eigenvalue weighted by Gasteiger charge is -2.36.